The standard InChI is InChI=1S/C22H35N7S/c1-16-25-26-21(27(16)5)30-14-6-9-28-10-12-29(13-11-28)19-15-18(22(2,3)4)23-20(24-19)17-7-8-17/h15,17H,6-14H2,1-5H3. The van der Waals surface area contributed by atoms with Crippen molar-refractivity contribution in [1.29, 1.82) is 0 Å². The lowest BCUT2D eigenvalue weighted by molar-refractivity contribution is 0.258. The van der Waals surface area contributed by atoms with E-state index in [-0.39, 0.29) is 5.41 Å². The van der Waals surface area contributed by atoms with Crippen molar-refractivity contribution >= 4 is 17.6 Å². The van der Waals surface area contributed by atoms with Crippen LogP contribution in [0.5, 0.6) is 0 Å². The Balaban J connectivity index is 1.28. The predicted molar refractivity (Wildman–Crippen MR) is 122 cm³/mol. The molecule has 8 heteroatoms. The Bertz CT molecular complexity index is 861. The maximum absolute atomic E-state index is 4.95. The quantitative estimate of drug-likeness (QED) is 0.494. The lowest BCUT2D eigenvalue weighted by atomic mass is 9.91. The first kappa shape index (κ1) is 21.6. The SMILES string of the molecule is Cc1nnc(SCCCN2CCN(c3cc(C(C)(C)C)nc(C4CC4)n3)CC2)n1C. The van der Waals surface area contributed by atoms with Gasteiger partial charge in [0, 0.05) is 56.4 Å². The van der Waals surface area contributed by atoms with Crippen LogP contribution in [0.15, 0.2) is 11.2 Å². The second-order valence-corrected chi connectivity index (χ2v) is 10.7. The fourth-order valence-electron chi connectivity index (χ4n) is 3.69. The molecular weight excluding hydrogens is 394 g/mol. The first-order valence-corrected chi connectivity index (χ1v) is 12.2. The summed E-state index contributed by atoms with van der Waals surface area (Å²) in [6.07, 6.45) is 3.66. The maximum atomic E-state index is 4.95. The van der Waals surface area contributed by atoms with E-state index in [1.54, 1.807) is 11.8 Å². The van der Waals surface area contributed by atoms with E-state index in [0.717, 1.165) is 61.1 Å². The number of rotatable bonds is 7. The molecule has 3 heterocycles. The molecule has 1 saturated heterocycles. The van der Waals surface area contributed by atoms with E-state index in [1.807, 2.05) is 14.0 Å². The predicted octanol–water partition coefficient (Wildman–Crippen LogP) is 3.39. The van der Waals surface area contributed by atoms with E-state index in [4.69, 9.17) is 9.97 Å². The van der Waals surface area contributed by atoms with Gasteiger partial charge in [0.15, 0.2) is 5.16 Å². The van der Waals surface area contributed by atoms with Crippen molar-refractivity contribution in [3.05, 3.63) is 23.4 Å². The second kappa shape index (κ2) is 8.83. The zero-order chi connectivity index (χ0) is 21.3. The minimum absolute atomic E-state index is 0.0576. The highest BCUT2D eigenvalue weighted by Gasteiger charge is 2.30. The highest BCUT2D eigenvalue weighted by molar-refractivity contribution is 7.99. The first-order chi connectivity index (χ1) is 14.3. The van der Waals surface area contributed by atoms with Crippen molar-refractivity contribution in [2.45, 2.75) is 63.4 Å². The molecule has 1 aliphatic carbocycles. The van der Waals surface area contributed by atoms with Gasteiger partial charge < -0.3 is 9.47 Å². The van der Waals surface area contributed by atoms with Crippen molar-refractivity contribution in [1.82, 2.24) is 29.6 Å². The molecule has 4 rings (SSSR count). The van der Waals surface area contributed by atoms with Crippen molar-refractivity contribution < 1.29 is 0 Å². The summed E-state index contributed by atoms with van der Waals surface area (Å²) in [6, 6.07) is 2.22. The summed E-state index contributed by atoms with van der Waals surface area (Å²) in [6.45, 7) is 14.1. The van der Waals surface area contributed by atoms with Gasteiger partial charge in [0.05, 0.1) is 5.69 Å². The van der Waals surface area contributed by atoms with Crippen LogP contribution < -0.4 is 4.90 Å². The molecular formula is C22H35N7S. The molecule has 0 radical (unpaired) electrons. The van der Waals surface area contributed by atoms with Gasteiger partial charge in [-0.15, -0.1) is 10.2 Å². The normalized spacial score (nSPS) is 18.2. The number of hydrogen-bond acceptors (Lipinski definition) is 7. The molecule has 0 atom stereocenters. The Labute approximate surface area is 184 Å². The smallest absolute Gasteiger partial charge is 0.190 e. The largest absolute Gasteiger partial charge is 0.354 e. The number of aromatic nitrogens is 5. The third-order valence-corrected chi connectivity index (χ3v) is 7.15. The van der Waals surface area contributed by atoms with Crippen molar-refractivity contribution in [3.63, 3.8) is 0 Å². The summed E-state index contributed by atoms with van der Waals surface area (Å²) >= 11 is 1.80. The van der Waals surface area contributed by atoms with Crippen LogP contribution >= 0.6 is 11.8 Å². The fraction of sp³-hybridized carbons (Fsp3) is 0.727. The van der Waals surface area contributed by atoms with E-state index in [0.29, 0.717) is 5.92 Å². The summed E-state index contributed by atoms with van der Waals surface area (Å²) in [5.41, 5.74) is 1.23. The summed E-state index contributed by atoms with van der Waals surface area (Å²) in [5, 5.41) is 9.38. The van der Waals surface area contributed by atoms with Crippen LogP contribution in [0.3, 0.4) is 0 Å². The van der Waals surface area contributed by atoms with Crippen molar-refractivity contribution in [2.75, 3.05) is 43.4 Å². The Morgan fingerprint density at radius 3 is 2.40 bits per heavy atom. The van der Waals surface area contributed by atoms with E-state index >= 15 is 0 Å². The molecule has 2 fully saturated rings. The second-order valence-electron chi connectivity index (χ2n) is 9.61. The molecule has 2 aromatic heterocycles. The molecule has 0 spiro atoms. The number of anilines is 1. The van der Waals surface area contributed by atoms with Crippen LogP contribution in [-0.2, 0) is 12.5 Å². The molecule has 2 aliphatic rings. The summed E-state index contributed by atoms with van der Waals surface area (Å²) in [4.78, 5) is 14.9. The molecule has 0 amide bonds. The first-order valence-electron chi connectivity index (χ1n) is 11.2. The van der Waals surface area contributed by atoms with Gasteiger partial charge in [-0.3, -0.25) is 4.90 Å². The number of aryl methyl sites for hydroxylation is 1. The summed E-state index contributed by atoms with van der Waals surface area (Å²) < 4.78 is 2.06. The molecule has 1 saturated carbocycles. The molecule has 0 aromatic carbocycles. The molecule has 0 N–H and O–H groups in total. The zero-order valence-electron chi connectivity index (χ0n) is 19.1. The molecule has 0 bridgehead atoms. The van der Waals surface area contributed by atoms with Gasteiger partial charge in [0.25, 0.3) is 0 Å². The lowest BCUT2D eigenvalue weighted by Crippen LogP contribution is -2.47. The molecule has 7 nitrogen and oxygen atoms in total. The topological polar surface area (TPSA) is 63.0 Å². The number of nitrogens with zero attached hydrogens (tertiary/aromatic N) is 7. The molecule has 30 heavy (non-hydrogen) atoms. The Hall–Kier alpha value is -1.67. The zero-order valence-corrected chi connectivity index (χ0v) is 19.9. The maximum Gasteiger partial charge on any atom is 0.190 e. The van der Waals surface area contributed by atoms with Gasteiger partial charge >= 0.3 is 0 Å². The molecule has 2 aromatic rings. The third kappa shape index (κ3) is 5.14. The third-order valence-electron chi connectivity index (χ3n) is 6.04. The monoisotopic (exact) mass is 429 g/mol. The number of thioether (sulfide) groups is 1. The van der Waals surface area contributed by atoms with Gasteiger partial charge in [-0.1, -0.05) is 32.5 Å². The summed E-state index contributed by atoms with van der Waals surface area (Å²) in [7, 11) is 2.03. The van der Waals surface area contributed by atoms with E-state index in [1.165, 1.54) is 25.0 Å². The van der Waals surface area contributed by atoms with Crippen LogP contribution in [0, 0.1) is 6.92 Å². The highest BCUT2D eigenvalue weighted by atomic mass is 32.2. The van der Waals surface area contributed by atoms with Crippen LogP contribution in [-0.4, -0.2) is 68.1 Å². The minimum atomic E-state index is 0.0576. The van der Waals surface area contributed by atoms with Crippen LogP contribution in [0.2, 0.25) is 0 Å². The van der Waals surface area contributed by atoms with Gasteiger partial charge in [-0.2, -0.15) is 0 Å². The average molecular weight is 430 g/mol. The highest BCUT2D eigenvalue weighted by Crippen LogP contribution is 2.39. The molecule has 0 unspecified atom stereocenters. The van der Waals surface area contributed by atoms with Crippen molar-refractivity contribution in [2.24, 2.45) is 7.05 Å². The number of hydrogen-bond donors (Lipinski definition) is 0. The Morgan fingerprint density at radius 1 is 1.07 bits per heavy atom. The fourth-order valence-corrected chi connectivity index (χ4v) is 4.57. The average Bonchev–Trinajstić information content (AvgIpc) is 3.53. The van der Waals surface area contributed by atoms with E-state index < -0.39 is 0 Å². The Morgan fingerprint density at radius 2 is 1.80 bits per heavy atom. The van der Waals surface area contributed by atoms with Crippen LogP contribution in [0.25, 0.3) is 0 Å². The van der Waals surface area contributed by atoms with Crippen molar-refractivity contribution in [3.8, 4) is 0 Å². The van der Waals surface area contributed by atoms with Crippen LogP contribution in [0.1, 0.15) is 63.3 Å². The Kier molecular flexibility index (Phi) is 6.34. The summed E-state index contributed by atoms with van der Waals surface area (Å²) in [5.74, 6) is 4.83. The van der Waals surface area contributed by atoms with Crippen LogP contribution in [0.4, 0.5) is 5.82 Å². The molecule has 1 aliphatic heterocycles. The van der Waals surface area contributed by atoms with Gasteiger partial charge in [-0.25, -0.2) is 9.97 Å². The minimum Gasteiger partial charge on any atom is -0.354 e. The van der Waals surface area contributed by atoms with Gasteiger partial charge in [0.2, 0.25) is 0 Å². The lowest BCUT2D eigenvalue weighted by Gasteiger charge is -2.36. The van der Waals surface area contributed by atoms with E-state index in [2.05, 4.69) is 51.4 Å². The van der Waals surface area contributed by atoms with Gasteiger partial charge in [-0.05, 0) is 32.7 Å². The van der Waals surface area contributed by atoms with Gasteiger partial charge in [0.1, 0.15) is 17.5 Å². The van der Waals surface area contributed by atoms with E-state index in [9.17, 15) is 0 Å². The number of piperazine rings is 1. The molecule has 164 valence electrons.